The van der Waals surface area contributed by atoms with E-state index in [1.807, 2.05) is 48.5 Å². The number of carbonyl (C=O) groups excluding carboxylic acids is 1. The van der Waals surface area contributed by atoms with Crippen molar-refractivity contribution in [3.63, 3.8) is 0 Å². The van der Waals surface area contributed by atoms with Crippen molar-refractivity contribution < 1.29 is 9.53 Å². The third kappa shape index (κ3) is 5.65. The number of anilines is 1. The number of rotatable bonds is 5. The second-order valence-corrected chi connectivity index (χ2v) is 9.49. The van der Waals surface area contributed by atoms with Crippen molar-refractivity contribution in [3.05, 3.63) is 123 Å². The second-order valence-electron chi connectivity index (χ2n) is 8.18. The normalized spacial score (nSPS) is 14.9. The largest absolute Gasteiger partial charge is 0.457 e. The molecule has 0 aromatic heterocycles. The van der Waals surface area contributed by atoms with E-state index >= 15 is 0 Å². The molecule has 4 aromatic rings. The number of ether oxygens (including phenoxy) is 1. The van der Waals surface area contributed by atoms with Crippen molar-refractivity contribution in [1.29, 1.82) is 0 Å². The van der Waals surface area contributed by atoms with Gasteiger partial charge in [0.2, 0.25) is 0 Å². The highest BCUT2D eigenvalue weighted by molar-refractivity contribution is 6.31. The van der Waals surface area contributed by atoms with Crippen molar-refractivity contribution in [3.8, 4) is 11.5 Å². The zero-order valence-electron chi connectivity index (χ0n) is 18.9. The van der Waals surface area contributed by atoms with E-state index in [4.69, 9.17) is 39.5 Å². The summed E-state index contributed by atoms with van der Waals surface area (Å²) in [6, 6.07) is 28.5. The van der Waals surface area contributed by atoms with E-state index in [2.05, 4.69) is 10.4 Å². The van der Waals surface area contributed by atoms with E-state index in [1.54, 1.807) is 48.5 Å². The lowest BCUT2D eigenvalue weighted by molar-refractivity contribution is 0.200. The van der Waals surface area contributed by atoms with Crippen molar-refractivity contribution >= 4 is 52.2 Å². The number of nitrogens with one attached hydrogen (secondary N) is 1. The molecule has 1 atom stereocenters. The molecule has 2 amide bonds. The van der Waals surface area contributed by atoms with Gasteiger partial charge in [-0.2, -0.15) is 5.10 Å². The van der Waals surface area contributed by atoms with Gasteiger partial charge in [0, 0.05) is 27.2 Å². The van der Waals surface area contributed by atoms with Gasteiger partial charge in [-0.15, -0.1) is 0 Å². The molecule has 0 saturated heterocycles. The Labute approximate surface area is 223 Å². The number of urea groups is 1. The van der Waals surface area contributed by atoms with Crippen LogP contribution < -0.4 is 10.1 Å². The van der Waals surface area contributed by atoms with Crippen molar-refractivity contribution in [1.82, 2.24) is 5.01 Å². The Morgan fingerprint density at radius 3 is 1.83 bits per heavy atom. The third-order valence-corrected chi connectivity index (χ3v) is 6.46. The minimum atomic E-state index is -0.342. The molecule has 1 unspecified atom stereocenters. The van der Waals surface area contributed by atoms with Crippen LogP contribution in [-0.2, 0) is 0 Å². The lowest BCUT2D eigenvalue weighted by atomic mass is 9.98. The summed E-state index contributed by atoms with van der Waals surface area (Å²) in [5.74, 6) is 1.31. The molecule has 8 heteroatoms. The van der Waals surface area contributed by atoms with Crippen LogP contribution in [0.4, 0.5) is 10.5 Å². The summed E-state index contributed by atoms with van der Waals surface area (Å²) in [6.45, 7) is 0. The van der Waals surface area contributed by atoms with Gasteiger partial charge in [-0.05, 0) is 83.9 Å². The van der Waals surface area contributed by atoms with Gasteiger partial charge in [0.05, 0.1) is 11.8 Å². The molecular weight excluding hydrogens is 517 g/mol. The van der Waals surface area contributed by atoms with Crippen molar-refractivity contribution in [2.24, 2.45) is 5.10 Å². The monoisotopic (exact) mass is 535 g/mol. The topological polar surface area (TPSA) is 53.9 Å². The van der Waals surface area contributed by atoms with Gasteiger partial charge < -0.3 is 10.1 Å². The maximum absolute atomic E-state index is 13.3. The average Bonchev–Trinajstić information content (AvgIpc) is 3.33. The predicted octanol–water partition coefficient (Wildman–Crippen LogP) is 8.82. The van der Waals surface area contributed by atoms with E-state index in [1.165, 1.54) is 5.01 Å². The maximum atomic E-state index is 13.3. The van der Waals surface area contributed by atoms with Crippen LogP contribution in [0.5, 0.6) is 11.5 Å². The van der Waals surface area contributed by atoms with Crippen LogP contribution in [0.2, 0.25) is 15.1 Å². The molecule has 5 nitrogen and oxygen atoms in total. The summed E-state index contributed by atoms with van der Waals surface area (Å²) in [6.07, 6.45) is 0.560. The number of hydrogen-bond donors (Lipinski definition) is 1. The molecule has 0 bridgehead atoms. The predicted molar refractivity (Wildman–Crippen MR) is 146 cm³/mol. The van der Waals surface area contributed by atoms with Crippen molar-refractivity contribution in [2.45, 2.75) is 12.5 Å². The fourth-order valence-electron chi connectivity index (χ4n) is 3.88. The maximum Gasteiger partial charge on any atom is 0.342 e. The van der Waals surface area contributed by atoms with Crippen molar-refractivity contribution in [2.75, 3.05) is 5.32 Å². The van der Waals surface area contributed by atoms with Crippen LogP contribution in [-0.4, -0.2) is 16.8 Å². The fourth-order valence-corrected chi connectivity index (χ4v) is 4.26. The van der Waals surface area contributed by atoms with Gasteiger partial charge in [0.15, 0.2) is 0 Å². The molecule has 0 aliphatic carbocycles. The Balaban J connectivity index is 1.34. The van der Waals surface area contributed by atoms with Gasteiger partial charge in [-0.25, -0.2) is 9.80 Å². The average molecular weight is 537 g/mol. The molecule has 36 heavy (non-hydrogen) atoms. The Bertz CT molecular complexity index is 1390. The van der Waals surface area contributed by atoms with Gasteiger partial charge >= 0.3 is 6.03 Å². The number of nitrogens with zero attached hydrogens (tertiary/aromatic N) is 2. The van der Waals surface area contributed by atoms with E-state index in [9.17, 15) is 4.79 Å². The number of carbonyl (C=O) groups is 1. The molecule has 0 spiro atoms. The zero-order valence-corrected chi connectivity index (χ0v) is 21.1. The number of hydrogen-bond acceptors (Lipinski definition) is 3. The van der Waals surface area contributed by atoms with Gasteiger partial charge in [-0.1, -0.05) is 59.1 Å². The molecule has 1 heterocycles. The lowest BCUT2D eigenvalue weighted by Crippen LogP contribution is -2.31. The van der Waals surface area contributed by atoms with Crippen LogP contribution in [0, 0.1) is 0 Å². The van der Waals surface area contributed by atoms with Gasteiger partial charge in [0.1, 0.15) is 11.5 Å². The molecule has 1 aliphatic heterocycles. The van der Waals surface area contributed by atoms with E-state index in [0.29, 0.717) is 38.7 Å². The summed E-state index contributed by atoms with van der Waals surface area (Å²) >= 11 is 18.1. The fraction of sp³-hybridized carbons (Fsp3) is 0.0714. The Kier molecular flexibility index (Phi) is 7.14. The molecule has 4 aromatic carbocycles. The Morgan fingerprint density at radius 1 is 0.750 bits per heavy atom. The second kappa shape index (κ2) is 10.6. The Hall–Kier alpha value is -3.51. The highest BCUT2D eigenvalue weighted by Gasteiger charge is 2.33. The highest BCUT2D eigenvalue weighted by atomic mass is 35.5. The van der Waals surface area contributed by atoms with Gasteiger partial charge in [0.25, 0.3) is 0 Å². The van der Waals surface area contributed by atoms with Crippen LogP contribution in [0.1, 0.15) is 23.6 Å². The minimum absolute atomic E-state index is 0.277. The zero-order chi connectivity index (χ0) is 25.1. The van der Waals surface area contributed by atoms with Crippen LogP contribution >= 0.6 is 34.8 Å². The molecule has 5 rings (SSSR count). The quantitative estimate of drug-likeness (QED) is 0.277. The highest BCUT2D eigenvalue weighted by Crippen LogP contribution is 2.34. The molecule has 0 fully saturated rings. The van der Waals surface area contributed by atoms with E-state index in [0.717, 1.165) is 16.8 Å². The number of halogens is 3. The first-order valence-electron chi connectivity index (χ1n) is 11.2. The third-order valence-electron chi connectivity index (χ3n) is 5.71. The summed E-state index contributed by atoms with van der Waals surface area (Å²) < 4.78 is 5.83. The summed E-state index contributed by atoms with van der Waals surface area (Å²) in [5, 5.41) is 11.0. The number of amides is 2. The SMILES string of the molecule is O=C(Nc1ccc(Oc2ccc(Cl)cc2)cc1)N1N=C(c2ccc(Cl)cc2)CC1c1ccc(Cl)cc1. The van der Waals surface area contributed by atoms with E-state index < -0.39 is 0 Å². The molecule has 1 N–H and O–H groups in total. The number of hydrazone groups is 1. The first-order chi connectivity index (χ1) is 17.4. The minimum Gasteiger partial charge on any atom is -0.457 e. The molecular formula is C28H20Cl3N3O2. The number of benzene rings is 4. The summed E-state index contributed by atoms with van der Waals surface area (Å²) in [7, 11) is 0. The van der Waals surface area contributed by atoms with Gasteiger partial charge in [-0.3, -0.25) is 0 Å². The molecule has 0 radical (unpaired) electrons. The van der Waals surface area contributed by atoms with Crippen LogP contribution in [0.3, 0.4) is 0 Å². The smallest absolute Gasteiger partial charge is 0.342 e. The first-order valence-corrected chi connectivity index (χ1v) is 12.3. The lowest BCUT2D eigenvalue weighted by Gasteiger charge is -2.22. The molecule has 180 valence electrons. The van der Waals surface area contributed by atoms with E-state index in [-0.39, 0.29) is 12.1 Å². The van der Waals surface area contributed by atoms with Crippen LogP contribution in [0.15, 0.2) is 102 Å². The van der Waals surface area contributed by atoms with Crippen LogP contribution in [0.25, 0.3) is 0 Å². The first kappa shape index (κ1) is 24.2. The standard InChI is InChI=1S/C28H20Cl3N3O2/c29-20-5-1-18(2-6-20)26-17-27(19-3-7-21(30)8-4-19)34(33-26)28(35)32-23-11-15-25(16-12-23)36-24-13-9-22(31)10-14-24/h1-16,27H,17H2,(H,32,35). The molecule has 1 aliphatic rings. The summed E-state index contributed by atoms with van der Waals surface area (Å²) in [5.41, 5.74) is 3.27. The summed E-state index contributed by atoms with van der Waals surface area (Å²) in [4.78, 5) is 13.3. The molecule has 0 saturated carbocycles. The Morgan fingerprint density at radius 2 is 1.25 bits per heavy atom.